The summed E-state index contributed by atoms with van der Waals surface area (Å²) in [7, 11) is 0. The molecule has 0 bridgehead atoms. The largest absolute Gasteiger partial charge is 0.395 e. The summed E-state index contributed by atoms with van der Waals surface area (Å²) in [4.78, 5) is 34.5. The molecule has 0 atom stereocenters. The van der Waals surface area contributed by atoms with Crippen LogP contribution in [0.3, 0.4) is 0 Å². The van der Waals surface area contributed by atoms with Gasteiger partial charge < -0.3 is 15.7 Å². The Balaban J connectivity index is 2.47. The molecule has 8 heteroatoms. The number of carbonyl (C=O) groups is 3. The highest BCUT2D eigenvalue weighted by Crippen LogP contribution is 2.13. The Kier molecular flexibility index (Phi) is 7.41. The predicted molar refractivity (Wildman–Crippen MR) is 85.8 cm³/mol. The highest BCUT2D eigenvalue weighted by molar-refractivity contribution is 6.35. The van der Waals surface area contributed by atoms with Crippen LogP contribution < -0.4 is 16.1 Å². The molecular weight excluding hydrogens is 300 g/mol. The average molecular weight is 320 g/mol. The molecule has 3 amide bonds. The van der Waals surface area contributed by atoms with Crippen molar-refractivity contribution in [3.05, 3.63) is 29.8 Å². The highest BCUT2D eigenvalue weighted by atomic mass is 16.3. The van der Waals surface area contributed by atoms with Crippen LogP contribution in [0.2, 0.25) is 0 Å². The normalized spacial score (nSPS) is 10.8. The van der Waals surface area contributed by atoms with Gasteiger partial charge in [0.1, 0.15) is 0 Å². The van der Waals surface area contributed by atoms with Crippen LogP contribution in [0.4, 0.5) is 5.69 Å². The van der Waals surface area contributed by atoms with Crippen molar-refractivity contribution in [2.75, 3.05) is 18.5 Å². The van der Waals surface area contributed by atoms with E-state index < -0.39 is 11.8 Å². The van der Waals surface area contributed by atoms with E-state index in [1.807, 2.05) is 30.5 Å². The minimum atomic E-state index is -0.961. The number of aryl methyl sites for hydroxylation is 1. The van der Waals surface area contributed by atoms with Crippen molar-refractivity contribution in [1.29, 1.82) is 0 Å². The van der Waals surface area contributed by atoms with E-state index in [1.54, 1.807) is 13.0 Å². The number of aliphatic hydroxyl groups is 1. The number of nitrogens with zero attached hydrogens (tertiary/aromatic N) is 1. The third-order valence-corrected chi connectivity index (χ3v) is 2.79. The van der Waals surface area contributed by atoms with Crippen molar-refractivity contribution in [3.8, 4) is 0 Å². The van der Waals surface area contributed by atoms with Crippen LogP contribution in [-0.4, -0.2) is 41.7 Å². The maximum atomic E-state index is 11.9. The monoisotopic (exact) mass is 320 g/mol. The molecule has 8 nitrogen and oxygen atoms in total. The lowest BCUT2D eigenvalue weighted by molar-refractivity contribution is -0.139. The van der Waals surface area contributed by atoms with Crippen LogP contribution in [0.15, 0.2) is 29.4 Å². The van der Waals surface area contributed by atoms with Gasteiger partial charge in [0.15, 0.2) is 0 Å². The zero-order valence-corrected chi connectivity index (χ0v) is 13.0. The van der Waals surface area contributed by atoms with Gasteiger partial charge in [0.2, 0.25) is 5.91 Å². The summed E-state index contributed by atoms with van der Waals surface area (Å²) in [6.07, 6.45) is -0.0210. The Bertz CT molecular complexity index is 613. The number of nitrogens with one attached hydrogen (secondary N) is 3. The lowest BCUT2D eigenvalue weighted by atomic mass is 10.2. The summed E-state index contributed by atoms with van der Waals surface area (Å²) >= 11 is 0. The van der Waals surface area contributed by atoms with Gasteiger partial charge in [-0.1, -0.05) is 18.2 Å². The van der Waals surface area contributed by atoms with E-state index in [4.69, 9.17) is 5.11 Å². The first-order chi connectivity index (χ1) is 10.9. The number of hydrogen-bond donors (Lipinski definition) is 4. The van der Waals surface area contributed by atoms with E-state index in [9.17, 15) is 14.4 Å². The zero-order valence-electron chi connectivity index (χ0n) is 13.0. The van der Waals surface area contributed by atoms with Gasteiger partial charge in [0.25, 0.3) is 0 Å². The minimum Gasteiger partial charge on any atom is -0.395 e. The minimum absolute atomic E-state index is 0.0201. The van der Waals surface area contributed by atoms with Crippen LogP contribution >= 0.6 is 0 Å². The second kappa shape index (κ2) is 9.31. The predicted octanol–water partition coefficient (Wildman–Crippen LogP) is -0.0758. The second-order valence-electron chi connectivity index (χ2n) is 4.81. The number of para-hydroxylation sites is 1. The molecule has 0 saturated heterocycles. The molecule has 1 aromatic carbocycles. The van der Waals surface area contributed by atoms with Gasteiger partial charge in [-0.15, -0.1) is 0 Å². The first-order valence-electron chi connectivity index (χ1n) is 7.01. The molecule has 1 aromatic rings. The Morgan fingerprint density at radius 2 is 1.87 bits per heavy atom. The summed E-state index contributed by atoms with van der Waals surface area (Å²) in [5.41, 5.74) is 4.03. The smallest absolute Gasteiger partial charge is 0.329 e. The molecule has 0 aliphatic carbocycles. The molecular formula is C15H20N4O4. The molecule has 0 aliphatic heterocycles. The lowest BCUT2D eigenvalue weighted by Gasteiger charge is -2.08. The quantitative estimate of drug-likeness (QED) is 0.333. The third kappa shape index (κ3) is 6.70. The molecule has 23 heavy (non-hydrogen) atoms. The number of benzene rings is 1. The van der Waals surface area contributed by atoms with E-state index in [1.165, 1.54) is 0 Å². The number of anilines is 1. The van der Waals surface area contributed by atoms with Gasteiger partial charge >= 0.3 is 11.8 Å². The van der Waals surface area contributed by atoms with Gasteiger partial charge in [-0.2, -0.15) is 5.10 Å². The van der Waals surface area contributed by atoms with Crippen molar-refractivity contribution in [2.24, 2.45) is 5.10 Å². The van der Waals surface area contributed by atoms with Gasteiger partial charge in [-0.3, -0.25) is 14.4 Å². The van der Waals surface area contributed by atoms with Crippen molar-refractivity contribution < 1.29 is 19.5 Å². The molecule has 0 heterocycles. The molecule has 4 N–H and O–H groups in total. The van der Waals surface area contributed by atoms with Crippen molar-refractivity contribution >= 4 is 29.1 Å². The summed E-state index contributed by atoms with van der Waals surface area (Å²) < 4.78 is 0. The van der Waals surface area contributed by atoms with Crippen LogP contribution in [-0.2, 0) is 14.4 Å². The number of aliphatic hydroxyl groups excluding tert-OH is 1. The molecule has 0 radical (unpaired) electrons. The molecule has 0 aliphatic rings. The van der Waals surface area contributed by atoms with Gasteiger partial charge in [0, 0.05) is 17.9 Å². The van der Waals surface area contributed by atoms with Crippen LogP contribution in [0.1, 0.15) is 18.9 Å². The third-order valence-electron chi connectivity index (χ3n) is 2.79. The molecule has 0 fully saturated rings. The van der Waals surface area contributed by atoms with E-state index in [2.05, 4.69) is 15.7 Å². The van der Waals surface area contributed by atoms with Crippen molar-refractivity contribution in [1.82, 2.24) is 10.7 Å². The Hall–Kier alpha value is -2.74. The first-order valence-corrected chi connectivity index (χ1v) is 7.01. The number of amides is 3. The standard InChI is InChI=1S/C15H20N4O4/c1-10-5-3-4-6-12(10)17-13(21)9-11(2)18-19-15(23)14(22)16-7-8-20/h3-6,20H,7-9H2,1-2H3,(H,16,22)(H,17,21)(H,19,23). The second-order valence-corrected chi connectivity index (χ2v) is 4.81. The molecule has 1 rings (SSSR count). The topological polar surface area (TPSA) is 120 Å². The van der Waals surface area contributed by atoms with Crippen LogP contribution in [0.5, 0.6) is 0 Å². The SMILES string of the molecule is CC(CC(=O)Nc1ccccc1C)=NNC(=O)C(=O)NCCO. The van der Waals surface area contributed by atoms with Crippen LogP contribution in [0, 0.1) is 6.92 Å². The Labute approximate surface area is 134 Å². The maximum Gasteiger partial charge on any atom is 0.329 e. The molecule has 0 spiro atoms. The van der Waals surface area contributed by atoms with Crippen molar-refractivity contribution in [3.63, 3.8) is 0 Å². The lowest BCUT2D eigenvalue weighted by Crippen LogP contribution is -2.39. The van der Waals surface area contributed by atoms with Gasteiger partial charge in [0.05, 0.1) is 13.0 Å². The van der Waals surface area contributed by atoms with E-state index >= 15 is 0 Å². The molecule has 0 saturated carbocycles. The fraction of sp³-hybridized carbons (Fsp3) is 0.333. The molecule has 0 aromatic heterocycles. The number of rotatable bonds is 6. The van der Waals surface area contributed by atoms with Gasteiger partial charge in [-0.25, -0.2) is 5.43 Å². The Morgan fingerprint density at radius 3 is 2.52 bits per heavy atom. The van der Waals surface area contributed by atoms with E-state index in [0.29, 0.717) is 11.4 Å². The summed E-state index contributed by atoms with van der Waals surface area (Å²) in [5, 5.41) is 17.2. The molecule has 124 valence electrons. The maximum absolute atomic E-state index is 11.9. The fourth-order valence-electron chi connectivity index (χ4n) is 1.63. The van der Waals surface area contributed by atoms with E-state index in [-0.39, 0.29) is 25.5 Å². The highest BCUT2D eigenvalue weighted by Gasteiger charge is 2.12. The summed E-state index contributed by atoms with van der Waals surface area (Å²) in [5.74, 6) is -2.14. The van der Waals surface area contributed by atoms with Gasteiger partial charge in [-0.05, 0) is 25.5 Å². The Morgan fingerprint density at radius 1 is 1.17 bits per heavy atom. The number of hydrogen-bond acceptors (Lipinski definition) is 5. The van der Waals surface area contributed by atoms with Crippen molar-refractivity contribution in [2.45, 2.75) is 20.3 Å². The summed E-state index contributed by atoms with van der Waals surface area (Å²) in [6.45, 7) is 3.15. The number of hydrazone groups is 1. The summed E-state index contributed by atoms with van der Waals surface area (Å²) in [6, 6.07) is 7.35. The van der Waals surface area contributed by atoms with E-state index in [0.717, 1.165) is 5.56 Å². The number of carbonyl (C=O) groups excluding carboxylic acids is 3. The van der Waals surface area contributed by atoms with Crippen LogP contribution in [0.25, 0.3) is 0 Å². The zero-order chi connectivity index (χ0) is 17.2. The fourth-order valence-corrected chi connectivity index (χ4v) is 1.63. The first kappa shape index (κ1) is 18.3. The average Bonchev–Trinajstić information content (AvgIpc) is 2.52. The molecule has 0 unspecified atom stereocenters.